The third-order valence-corrected chi connectivity index (χ3v) is 2.87. The average molecular weight is 234 g/mol. The molecule has 4 N–H and O–H groups in total. The monoisotopic (exact) mass is 234 g/mol. The van der Waals surface area contributed by atoms with Gasteiger partial charge in [0.1, 0.15) is 0 Å². The zero-order chi connectivity index (χ0) is 11.4. The second-order valence-electron chi connectivity index (χ2n) is 3.01. The number of benzene rings is 1. The van der Waals surface area contributed by atoms with E-state index in [1.54, 1.807) is 24.5 Å². The number of aromatic nitrogens is 2. The van der Waals surface area contributed by atoms with Gasteiger partial charge in [-0.3, -0.25) is 0 Å². The maximum absolute atomic E-state index is 8.51. The van der Waals surface area contributed by atoms with Gasteiger partial charge in [0.2, 0.25) is 0 Å². The lowest BCUT2D eigenvalue weighted by Gasteiger charge is -2.00. The van der Waals surface area contributed by atoms with Gasteiger partial charge in [-0.05, 0) is 12.1 Å². The fourth-order valence-corrected chi connectivity index (χ4v) is 1.91. The van der Waals surface area contributed by atoms with E-state index in [0.717, 1.165) is 10.1 Å². The number of rotatable bonds is 3. The molecule has 0 saturated carbocycles. The van der Waals surface area contributed by atoms with Gasteiger partial charge in [-0.1, -0.05) is 29.1 Å². The Morgan fingerprint density at radius 3 is 2.69 bits per heavy atom. The number of H-pyrrole nitrogens is 1. The fourth-order valence-electron chi connectivity index (χ4n) is 1.17. The first-order chi connectivity index (χ1) is 7.79. The molecule has 1 aromatic carbocycles. The van der Waals surface area contributed by atoms with Crippen molar-refractivity contribution < 1.29 is 5.21 Å². The Kier molecular flexibility index (Phi) is 3.11. The van der Waals surface area contributed by atoms with E-state index in [1.807, 2.05) is 12.1 Å². The Bertz CT molecular complexity index is 478. The summed E-state index contributed by atoms with van der Waals surface area (Å²) in [5.41, 5.74) is 6.14. The van der Waals surface area contributed by atoms with Gasteiger partial charge in [-0.25, -0.2) is 4.98 Å². The molecule has 0 bridgehead atoms. The molecule has 0 radical (unpaired) electrons. The Labute approximate surface area is 96.4 Å². The van der Waals surface area contributed by atoms with Crippen molar-refractivity contribution in [2.45, 2.75) is 10.1 Å². The smallest absolute Gasteiger partial charge is 0.170 e. The lowest BCUT2D eigenvalue weighted by molar-refractivity contribution is 0.318. The molecule has 2 rings (SSSR count). The molecule has 0 aliphatic carbocycles. The van der Waals surface area contributed by atoms with Crippen LogP contribution in [0, 0.1) is 0 Å². The van der Waals surface area contributed by atoms with Crippen molar-refractivity contribution in [2.24, 2.45) is 10.9 Å². The number of nitrogens with one attached hydrogen (secondary N) is 1. The first-order valence-electron chi connectivity index (χ1n) is 4.55. The zero-order valence-electron chi connectivity index (χ0n) is 8.29. The van der Waals surface area contributed by atoms with E-state index in [1.165, 1.54) is 11.8 Å². The van der Waals surface area contributed by atoms with Crippen LogP contribution in [0.15, 0.2) is 51.9 Å². The topological polar surface area (TPSA) is 87.3 Å². The van der Waals surface area contributed by atoms with Gasteiger partial charge < -0.3 is 15.9 Å². The van der Waals surface area contributed by atoms with Crippen molar-refractivity contribution in [3.05, 3.63) is 42.2 Å². The molecule has 16 heavy (non-hydrogen) atoms. The molecule has 0 unspecified atom stereocenters. The second kappa shape index (κ2) is 4.71. The summed E-state index contributed by atoms with van der Waals surface area (Å²) in [6.07, 6.45) is 3.47. The van der Waals surface area contributed by atoms with E-state index in [0.29, 0.717) is 5.56 Å². The van der Waals surface area contributed by atoms with Crippen LogP contribution in [0.2, 0.25) is 0 Å². The summed E-state index contributed by atoms with van der Waals surface area (Å²) in [6, 6.07) is 7.36. The van der Waals surface area contributed by atoms with Crippen molar-refractivity contribution in [1.29, 1.82) is 0 Å². The summed E-state index contributed by atoms with van der Waals surface area (Å²) in [7, 11) is 0. The van der Waals surface area contributed by atoms with Crippen LogP contribution in [0.5, 0.6) is 0 Å². The molecule has 0 atom stereocenters. The number of nitrogens with zero attached hydrogens (tertiary/aromatic N) is 2. The largest absolute Gasteiger partial charge is 0.409 e. The Balaban J connectivity index is 2.14. The standard InChI is InChI=1S/C10H10N4OS/c11-9(14-15)7-1-3-8(4-2-7)16-10-12-5-6-13-10/h1-6,15H,(H2,11,14)(H,12,13). The van der Waals surface area contributed by atoms with Gasteiger partial charge in [-0.2, -0.15) is 0 Å². The highest BCUT2D eigenvalue weighted by Crippen LogP contribution is 2.24. The highest BCUT2D eigenvalue weighted by molar-refractivity contribution is 7.99. The third kappa shape index (κ3) is 2.34. The Hall–Kier alpha value is -1.95. The molecule has 82 valence electrons. The third-order valence-electron chi connectivity index (χ3n) is 1.95. The van der Waals surface area contributed by atoms with Crippen molar-refractivity contribution in [2.75, 3.05) is 0 Å². The van der Waals surface area contributed by atoms with Crippen LogP contribution >= 0.6 is 11.8 Å². The van der Waals surface area contributed by atoms with E-state index < -0.39 is 0 Å². The van der Waals surface area contributed by atoms with Gasteiger partial charge >= 0.3 is 0 Å². The molecule has 0 aliphatic rings. The van der Waals surface area contributed by atoms with Crippen molar-refractivity contribution in [3.63, 3.8) is 0 Å². The van der Waals surface area contributed by atoms with Crippen LogP contribution in [-0.2, 0) is 0 Å². The molecular formula is C10H10N4OS. The van der Waals surface area contributed by atoms with E-state index in [4.69, 9.17) is 10.9 Å². The number of imidazole rings is 1. The zero-order valence-corrected chi connectivity index (χ0v) is 9.11. The van der Waals surface area contributed by atoms with Crippen LogP contribution in [0.4, 0.5) is 0 Å². The van der Waals surface area contributed by atoms with E-state index in [2.05, 4.69) is 15.1 Å². The molecule has 1 aromatic heterocycles. The molecule has 6 heteroatoms. The summed E-state index contributed by atoms with van der Waals surface area (Å²) in [5.74, 6) is 0.106. The molecule has 1 heterocycles. The minimum Gasteiger partial charge on any atom is -0.409 e. The average Bonchev–Trinajstić information content (AvgIpc) is 2.82. The second-order valence-corrected chi connectivity index (χ2v) is 4.07. The quantitative estimate of drug-likeness (QED) is 0.326. The van der Waals surface area contributed by atoms with Crippen LogP contribution in [-0.4, -0.2) is 21.0 Å². The lowest BCUT2D eigenvalue weighted by atomic mass is 10.2. The highest BCUT2D eigenvalue weighted by Gasteiger charge is 2.01. The number of aromatic amines is 1. The van der Waals surface area contributed by atoms with Crippen LogP contribution in [0.3, 0.4) is 0 Å². The highest BCUT2D eigenvalue weighted by atomic mass is 32.2. The molecule has 2 aromatic rings. The first-order valence-corrected chi connectivity index (χ1v) is 5.36. The van der Waals surface area contributed by atoms with Crippen molar-refractivity contribution in [3.8, 4) is 0 Å². The summed E-state index contributed by atoms with van der Waals surface area (Å²) in [4.78, 5) is 8.13. The molecule has 0 spiro atoms. The summed E-state index contributed by atoms with van der Waals surface area (Å²) in [5, 5.41) is 12.3. The van der Waals surface area contributed by atoms with E-state index >= 15 is 0 Å². The van der Waals surface area contributed by atoms with Gasteiger partial charge in [0, 0.05) is 22.9 Å². The number of nitrogens with two attached hydrogens (primary N) is 1. The number of hydrogen-bond acceptors (Lipinski definition) is 4. The van der Waals surface area contributed by atoms with Gasteiger partial charge in [0.15, 0.2) is 11.0 Å². The molecule has 0 fully saturated rings. The molecular weight excluding hydrogens is 224 g/mol. The van der Waals surface area contributed by atoms with Crippen LogP contribution < -0.4 is 5.73 Å². The van der Waals surface area contributed by atoms with Crippen LogP contribution in [0.25, 0.3) is 0 Å². The summed E-state index contributed by atoms with van der Waals surface area (Å²) in [6.45, 7) is 0. The number of amidine groups is 1. The molecule has 0 saturated heterocycles. The SMILES string of the molecule is N/C(=N/O)c1ccc(Sc2ncc[nH]2)cc1. The lowest BCUT2D eigenvalue weighted by Crippen LogP contribution is -2.12. The normalized spacial score (nSPS) is 11.6. The van der Waals surface area contributed by atoms with E-state index in [9.17, 15) is 0 Å². The van der Waals surface area contributed by atoms with Crippen molar-refractivity contribution in [1.82, 2.24) is 9.97 Å². The number of oxime groups is 1. The number of hydrogen-bond donors (Lipinski definition) is 3. The van der Waals surface area contributed by atoms with Crippen molar-refractivity contribution >= 4 is 17.6 Å². The molecule has 0 amide bonds. The minimum absolute atomic E-state index is 0.106. The molecule has 0 aliphatic heterocycles. The predicted octanol–water partition coefficient (Wildman–Crippen LogP) is 1.66. The van der Waals surface area contributed by atoms with Crippen LogP contribution in [0.1, 0.15) is 5.56 Å². The molecule has 5 nitrogen and oxygen atoms in total. The summed E-state index contributed by atoms with van der Waals surface area (Å²) >= 11 is 1.51. The maximum Gasteiger partial charge on any atom is 0.170 e. The Morgan fingerprint density at radius 1 is 1.38 bits per heavy atom. The van der Waals surface area contributed by atoms with E-state index in [-0.39, 0.29) is 5.84 Å². The van der Waals surface area contributed by atoms with Gasteiger partial charge in [0.25, 0.3) is 0 Å². The van der Waals surface area contributed by atoms with Gasteiger partial charge in [-0.15, -0.1) is 0 Å². The fraction of sp³-hybridized carbons (Fsp3) is 0. The first kappa shape index (κ1) is 10.6. The Morgan fingerprint density at radius 2 is 2.12 bits per heavy atom. The summed E-state index contributed by atoms with van der Waals surface area (Å²) < 4.78 is 0. The predicted molar refractivity (Wildman–Crippen MR) is 61.7 cm³/mol. The van der Waals surface area contributed by atoms with Gasteiger partial charge in [0.05, 0.1) is 0 Å². The maximum atomic E-state index is 8.51. The minimum atomic E-state index is 0.106.